The lowest BCUT2D eigenvalue weighted by Crippen LogP contribution is -2.01. The molecule has 1 aromatic carbocycles. The van der Waals surface area contributed by atoms with Gasteiger partial charge < -0.3 is 14.6 Å². The smallest absolute Gasteiger partial charge is 0.328 e. The second-order valence-corrected chi connectivity index (χ2v) is 4.34. The van der Waals surface area contributed by atoms with E-state index >= 15 is 0 Å². The molecule has 0 unspecified atom stereocenters. The average Bonchev–Trinajstić information content (AvgIpc) is 2.38. The van der Waals surface area contributed by atoms with Crippen molar-refractivity contribution in [1.82, 2.24) is 0 Å². The molecular formula is C14H17ClO4. The highest BCUT2D eigenvalue weighted by Gasteiger charge is 2.03. The predicted octanol–water partition coefficient (Wildman–Crippen LogP) is 3.24. The van der Waals surface area contributed by atoms with Crippen molar-refractivity contribution in [3.05, 3.63) is 34.9 Å². The van der Waals surface area contributed by atoms with Crippen molar-refractivity contribution in [3.8, 4) is 5.75 Å². The fraction of sp³-hybridized carbons (Fsp3) is 0.357. The lowest BCUT2D eigenvalue weighted by molar-refractivity contribution is -0.131. The monoisotopic (exact) mass is 284 g/mol. The first-order valence-corrected chi connectivity index (χ1v) is 6.33. The number of carbonyl (C=O) groups is 1. The van der Waals surface area contributed by atoms with Crippen molar-refractivity contribution >= 4 is 23.6 Å². The molecule has 0 aliphatic carbocycles. The minimum atomic E-state index is -1.01. The van der Waals surface area contributed by atoms with Crippen molar-refractivity contribution in [2.24, 2.45) is 0 Å². The van der Waals surface area contributed by atoms with E-state index in [1.54, 1.807) is 25.3 Å². The van der Waals surface area contributed by atoms with Crippen molar-refractivity contribution < 1.29 is 19.4 Å². The second-order valence-electron chi connectivity index (χ2n) is 3.90. The molecule has 5 heteroatoms. The summed E-state index contributed by atoms with van der Waals surface area (Å²) < 4.78 is 10.6. The molecule has 0 amide bonds. The molecular weight excluding hydrogens is 268 g/mol. The van der Waals surface area contributed by atoms with Crippen molar-refractivity contribution in [2.45, 2.75) is 12.8 Å². The van der Waals surface area contributed by atoms with Crippen LogP contribution in [0.15, 0.2) is 24.3 Å². The van der Waals surface area contributed by atoms with E-state index in [-0.39, 0.29) is 0 Å². The Bertz CT molecular complexity index is 443. The Morgan fingerprint density at radius 2 is 2.11 bits per heavy atom. The van der Waals surface area contributed by atoms with Crippen LogP contribution < -0.4 is 4.74 Å². The van der Waals surface area contributed by atoms with Crippen LogP contribution in [-0.4, -0.2) is 31.4 Å². The van der Waals surface area contributed by atoms with E-state index in [0.29, 0.717) is 29.5 Å². The van der Waals surface area contributed by atoms with Gasteiger partial charge in [0.25, 0.3) is 0 Å². The maximum Gasteiger partial charge on any atom is 0.328 e. The van der Waals surface area contributed by atoms with Crippen LogP contribution in [0.1, 0.15) is 18.4 Å². The van der Waals surface area contributed by atoms with Crippen LogP contribution in [0.2, 0.25) is 5.02 Å². The standard InChI is InChI=1S/C14H17ClO4/c1-18-8-2-3-9-19-13-6-5-12(15)10-11(13)4-7-14(16)17/h4-7,10H,2-3,8-9H2,1H3,(H,16,17)/b7-4+. The number of ether oxygens (including phenoxy) is 2. The number of methoxy groups -OCH3 is 1. The van der Waals surface area contributed by atoms with E-state index < -0.39 is 5.97 Å². The molecule has 0 aromatic heterocycles. The van der Waals surface area contributed by atoms with Gasteiger partial charge in [-0.15, -0.1) is 0 Å². The molecule has 0 aliphatic rings. The van der Waals surface area contributed by atoms with Gasteiger partial charge >= 0.3 is 5.97 Å². The summed E-state index contributed by atoms with van der Waals surface area (Å²) in [7, 11) is 1.66. The molecule has 4 nitrogen and oxygen atoms in total. The molecule has 0 heterocycles. The number of hydrogen-bond acceptors (Lipinski definition) is 3. The number of halogens is 1. The molecule has 1 N–H and O–H groups in total. The largest absolute Gasteiger partial charge is 0.493 e. The summed E-state index contributed by atoms with van der Waals surface area (Å²) in [5, 5.41) is 9.17. The number of rotatable bonds is 8. The summed E-state index contributed by atoms with van der Waals surface area (Å²) in [6.45, 7) is 1.26. The Kier molecular flexibility index (Phi) is 7.00. The van der Waals surface area contributed by atoms with Gasteiger partial charge in [0, 0.05) is 30.4 Å². The molecule has 0 radical (unpaired) electrons. The van der Waals surface area contributed by atoms with Crippen LogP contribution in [0, 0.1) is 0 Å². The summed E-state index contributed by atoms with van der Waals surface area (Å²) in [6, 6.07) is 5.12. The second kappa shape index (κ2) is 8.56. The van der Waals surface area contributed by atoms with Gasteiger partial charge in [0.2, 0.25) is 0 Å². The predicted molar refractivity (Wildman–Crippen MR) is 74.7 cm³/mol. The third-order valence-electron chi connectivity index (χ3n) is 2.38. The minimum Gasteiger partial charge on any atom is -0.493 e. The first-order valence-electron chi connectivity index (χ1n) is 5.96. The fourth-order valence-electron chi connectivity index (χ4n) is 1.47. The number of carboxylic acid groups (broad SMARTS) is 1. The Balaban J connectivity index is 2.63. The number of unbranched alkanes of at least 4 members (excludes halogenated alkanes) is 1. The van der Waals surface area contributed by atoms with Crippen molar-refractivity contribution in [3.63, 3.8) is 0 Å². The van der Waals surface area contributed by atoms with Gasteiger partial charge in [0.1, 0.15) is 5.75 Å². The molecule has 0 aliphatic heterocycles. The van der Waals surface area contributed by atoms with E-state index in [4.69, 9.17) is 26.2 Å². The summed E-state index contributed by atoms with van der Waals surface area (Å²) >= 11 is 5.88. The summed E-state index contributed by atoms with van der Waals surface area (Å²) in [5.74, 6) is -0.384. The van der Waals surface area contributed by atoms with Crippen molar-refractivity contribution in [1.29, 1.82) is 0 Å². The highest BCUT2D eigenvalue weighted by atomic mass is 35.5. The zero-order valence-corrected chi connectivity index (χ0v) is 11.5. The highest BCUT2D eigenvalue weighted by molar-refractivity contribution is 6.30. The molecule has 104 valence electrons. The number of carboxylic acids is 1. The lowest BCUT2D eigenvalue weighted by atomic mass is 10.2. The normalized spacial score (nSPS) is 10.8. The fourth-order valence-corrected chi connectivity index (χ4v) is 1.65. The van der Waals surface area contributed by atoms with Gasteiger partial charge in [-0.05, 0) is 37.1 Å². The maximum absolute atomic E-state index is 10.5. The third-order valence-corrected chi connectivity index (χ3v) is 2.61. The van der Waals surface area contributed by atoms with Gasteiger partial charge in [-0.1, -0.05) is 11.6 Å². The molecule has 19 heavy (non-hydrogen) atoms. The van der Waals surface area contributed by atoms with E-state index in [9.17, 15) is 4.79 Å². The highest BCUT2D eigenvalue weighted by Crippen LogP contribution is 2.24. The van der Waals surface area contributed by atoms with Crippen LogP contribution >= 0.6 is 11.6 Å². The van der Waals surface area contributed by atoms with Crippen LogP contribution in [0.3, 0.4) is 0 Å². The first-order chi connectivity index (χ1) is 9.13. The Labute approximate surface area is 117 Å². The van der Waals surface area contributed by atoms with Crippen LogP contribution in [0.5, 0.6) is 5.75 Å². The molecule has 0 fully saturated rings. The van der Waals surface area contributed by atoms with Gasteiger partial charge in [-0.2, -0.15) is 0 Å². The number of aliphatic carboxylic acids is 1. The van der Waals surface area contributed by atoms with E-state index in [1.165, 1.54) is 6.08 Å². The molecule has 0 saturated heterocycles. The van der Waals surface area contributed by atoms with Gasteiger partial charge in [-0.3, -0.25) is 0 Å². The number of hydrogen-bond donors (Lipinski definition) is 1. The average molecular weight is 285 g/mol. The van der Waals surface area contributed by atoms with Gasteiger partial charge in [-0.25, -0.2) is 4.79 Å². The SMILES string of the molecule is COCCCCOc1ccc(Cl)cc1/C=C/C(=O)O. The topological polar surface area (TPSA) is 55.8 Å². The summed E-state index contributed by atoms with van der Waals surface area (Å²) in [4.78, 5) is 10.5. The van der Waals surface area contributed by atoms with Crippen LogP contribution in [0.25, 0.3) is 6.08 Å². The quantitative estimate of drug-likeness (QED) is 0.588. The number of benzene rings is 1. The zero-order chi connectivity index (χ0) is 14.1. The third kappa shape index (κ3) is 6.27. The summed E-state index contributed by atoms with van der Waals surface area (Å²) in [5.41, 5.74) is 0.654. The maximum atomic E-state index is 10.5. The summed E-state index contributed by atoms with van der Waals surface area (Å²) in [6.07, 6.45) is 4.32. The molecule has 0 bridgehead atoms. The first kappa shape index (κ1) is 15.5. The Morgan fingerprint density at radius 3 is 2.79 bits per heavy atom. The zero-order valence-electron chi connectivity index (χ0n) is 10.8. The van der Waals surface area contributed by atoms with Gasteiger partial charge in [0.05, 0.1) is 6.61 Å². The van der Waals surface area contributed by atoms with E-state index in [1.807, 2.05) is 0 Å². The van der Waals surface area contributed by atoms with E-state index in [0.717, 1.165) is 18.9 Å². The molecule has 1 aromatic rings. The molecule has 0 atom stereocenters. The Hall–Kier alpha value is -1.52. The molecule has 1 rings (SSSR count). The van der Waals surface area contributed by atoms with Crippen LogP contribution in [0.4, 0.5) is 0 Å². The van der Waals surface area contributed by atoms with E-state index in [2.05, 4.69) is 0 Å². The Morgan fingerprint density at radius 1 is 1.37 bits per heavy atom. The molecule has 0 spiro atoms. The molecule has 0 saturated carbocycles. The minimum absolute atomic E-state index is 0.539. The lowest BCUT2D eigenvalue weighted by Gasteiger charge is -2.09. The van der Waals surface area contributed by atoms with Gasteiger partial charge in [0.15, 0.2) is 0 Å². The van der Waals surface area contributed by atoms with Crippen LogP contribution in [-0.2, 0) is 9.53 Å². The van der Waals surface area contributed by atoms with Crippen molar-refractivity contribution in [2.75, 3.05) is 20.3 Å².